The molecule has 0 bridgehead atoms. The van der Waals surface area contributed by atoms with Crippen LogP contribution < -0.4 is 0 Å². The van der Waals surface area contributed by atoms with Gasteiger partial charge >= 0.3 is 0 Å². The van der Waals surface area contributed by atoms with E-state index < -0.39 is 0 Å². The van der Waals surface area contributed by atoms with Crippen molar-refractivity contribution in [2.75, 3.05) is 0 Å². The minimum atomic E-state index is 0.884. The molecule has 48 valence electrons. The van der Waals surface area contributed by atoms with Crippen molar-refractivity contribution in [3.8, 4) is 0 Å². The molecule has 0 saturated carbocycles. The molecule has 0 heterocycles. The number of hydrogen-bond acceptors (Lipinski definition) is 2. The SMILES string of the molecule is CCC(C)C.N=C=S. The van der Waals surface area contributed by atoms with Gasteiger partial charge in [0.2, 0.25) is 0 Å². The molecule has 0 saturated heterocycles. The lowest BCUT2D eigenvalue weighted by molar-refractivity contribution is 0.626. The summed E-state index contributed by atoms with van der Waals surface area (Å²) in [7, 11) is 0. The average molecular weight is 131 g/mol. The Morgan fingerprint density at radius 1 is 1.62 bits per heavy atom. The topological polar surface area (TPSA) is 23.9 Å². The Hall–Kier alpha value is -0.200. The van der Waals surface area contributed by atoms with Crippen LogP contribution >= 0.6 is 12.2 Å². The van der Waals surface area contributed by atoms with Crippen LogP contribution in [-0.2, 0) is 0 Å². The summed E-state index contributed by atoms with van der Waals surface area (Å²) in [5.41, 5.74) is 0. The van der Waals surface area contributed by atoms with Gasteiger partial charge in [-0.05, 0) is 18.1 Å². The zero-order chi connectivity index (χ0) is 6.99. The van der Waals surface area contributed by atoms with Crippen molar-refractivity contribution in [1.29, 1.82) is 5.41 Å². The zero-order valence-corrected chi connectivity index (χ0v) is 6.51. The Bertz CT molecular complexity index is 62.9. The van der Waals surface area contributed by atoms with Gasteiger partial charge in [-0.15, -0.1) is 0 Å². The number of rotatable bonds is 1. The highest BCUT2D eigenvalue weighted by atomic mass is 32.1. The Balaban J connectivity index is 0. The van der Waals surface area contributed by atoms with E-state index in [9.17, 15) is 0 Å². The molecule has 0 aliphatic heterocycles. The van der Waals surface area contributed by atoms with Crippen LogP contribution in [0.1, 0.15) is 27.2 Å². The molecular formula is C6H13NS. The standard InChI is InChI=1S/C5H12.CHNS/c1-4-5(2)3;2-1-3/h5H,4H2,1-3H3;2H. The van der Waals surface area contributed by atoms with Gasteiger partial charge in [0.25, 0.3) is 0 Å². The van der Waals surface area contributed by atoms with E-state index in [0.29, 0.717) is 0 Å². The molecular weight excluding hydrogens is 118 g/mol. The molecule has 0 fully saturated rings. The number of isothiocyanates is 1. The second kappa shape index (κ2) is 9.93. The molecule has 8 heavy (non-hydrogen) atoms. The van der Waals surface area contributed by atoms with Gasteiger partial charge in [-0.3, -0.25) is 0 Å². The summed E-state index contributed by atoms with van der Waals surface area (Å²) in [6, 6.07) is 0. The second-order valence-corrected chi connectivity index (χ2v) is 2.11. The monoisotopic (exact) mass is 131 g/mol. The summed E-state index contributed by atoms with van der Waals surface area (Å²) >= 11 is 3.81. The smallest absolute Gasteiger partial charge is 0.0554 e. The lowest BCUT2D eigenvalue weighted by atomic mass is 10.2. The molecule has 1 nitrogen and oxygen atoms in total. The summed E-state index contributed by atoms with van der Waals surface area (Å²) in [5, 5.41) is 7.36. The highest BCUT2D eigenvalue weighted by molar-refractivity contribution is 7.78. The molecule has 0 spiro atoms. The van der Waals surface area contributed by atoms with E-state index in [4.69, 9.17) is 5.41 Å². The molecule has 0 aliphatic carbocycles. The Morgan fingerprint density at radius 2 is 1.75 bits per heavy atom. The van der Waals surface area contributed by atoms with Crippen LogP contribution in [0.2, 0.25) is 0 Å². The van der Waals surface area contributed by atoms with E-state index in [1.165, 1.54) is 6.42 Å². The maximum Gasteiger partial charge on any atom is 0.0554 e. The molecule has 0 unspecified atom stereocenters. The summed E-state index contributed by atoms with van der Waals surface area (Å²) in [5.74, 6) is 0.884. The first-order chi connectivity index (χ1) is 3.68. The van der Waals surface area contributed by atoms with Gasteiger partial charge in [0.1, 0.15) is 0 Å². The first-order valence-corrected chi connectivity index (χ1v) is 3.13. The molecule has 0 aliphatic rings. The molecule has 0 radical (unpaired) electrons. The minimum absolute atomic E-state index is 0.884. The van der Waals surface area contributed by atoms with Gasteiger partial charge < -0.3 is 0 Å². The second-order valence-electron chi connectivity index (χ2n) is 1.90. The number of thiocarbonyl (C=S) groups is 1. The maximum atomic E-state index is 5.77. The first-order valence-electron chi connectivity index (χ1n) is 2.72. The molecule has 0 aromatic carbocycles. The fourth-order valence-electron chi connectivity index (χ4n) is 0. The molecule has 0 atom stereocenters. The Labute approximate surface area is 56.6 Å². The highest BCUT2D eigenvalue weighted by Gasteiger charge is 1.80. The van der Waals surface area contributed by atoms with E-state index in [1.54, 1.807) is 5.16 Å². The third-order valence-electron chi connectivity index (χ3n) is 0.816. The maximum absolute atomic E-state index is 5.77. The molecule has 0 aromatic rings. The lowest BCUT2D eigenvalue weighted by Crippen LogP contribution is -1.77. The molecule has 0 aromatic heterocycles. The summed E-state index contributed by atoms with van der Waals surface area (Å²) in [6.07, 6.45) is 1.31. The predicted molar refractivity (Wildman–Crippen MR) is 40.4 cm³/mol. The fourth-order valence-corrected chi connectivity index (χ4v) is 0. The Morgan fingerprint density at radius 3 is 1.75 bits per heavy atom. The Kier molecular flexibility index (Phi) is 13.3. The van der Waals surface area contributed by atoms with Crippen molar-refractivity contribution in [1.82, 2.24) is 0 Å². The van der Waals surface area contributed by atoms with Crippen molar-refractivity contribution in [2.24, 2.45) is 5.92 Å². The first kappa shape index (κ1) is 10.7. The van der Waals surface area contributed by atoms with Crippen molar-refractivity contribution in [3.05, 3.63) is 0 Å². The third kappa shape index (κ3) is 41.2. The van der Waals surface area contributed by atoms with Gasteiger partial charge in [0, 0.05) is 0 Å². The minimum Gasteiger partial charge on any atom is -0.248 e. The van der Waals surface area contributed by atoms with Crippen molar-refractivity contribution >= 4 is 17.4 Å². The lowest BCUT2D eigenvalue weighted by Gasteiger charge is -1.90. The summed E-state index contributed by atoms with van der Waals surface area (Å²) in [6.45, 7) is 6.64. The van der Waals surface area contributed by atoms with Crippen LogP contribution in [0.4, 0.5) is 0 Å². The number of hydrogen-bond donors (Lipinski definition) is 1. The third-order valence-corrected chi connectivity index (χ3v) is 0.816. The summed E-state index contributed by atoms with van der Waals surface area (Å²) in [4.78, 5) is 0. The van der Waals surface area contributed by atoms with Gasteiger partial charge in [-0.2, -0.15) is 0 Å². The molecule has 2 heteroatoms. The normalized spacial score (nSPS) is 7.00. The van der Waals surface area contributed by atoms with Crippen LogP contribution in [0.15, 0.2) is 0 Å². The molecule has 1 N–H and O–H groups in total. The highest BCUT2D eigenvalue weighted by Crippen LogP contribution is 1.93. The van der Waals surface area contributed by atoms with Gasteiger partial charge in [0.15, 0.2) is 0 Å². The number of nitrogens with one attached hydrogen (secondary N) is 1. The van der Waals surface area contributed by atoms with Crippen LogP contribution in [0, 0.1) is 11.3 Å². The predicted octanol–water partition coefficient (Wildman–Crippen LogP) is 2.72. The van der Waals surface area contributed by atoms with Crippen molar-refractivity contribution in [2.45, 2.75) is 27.2 Å². The van der Waals surface area contributed by atoms with Crippen molar-refractivity contribution < 1.29 is 0 Å². The van der Waals surface area contributed by atoms with Crippen LogP contribution in [0.3, 0.4) is 0 Å². The van der Waals surface area contributed by atoms with E-state index in [1.807, 2.05) is 0 Å². The van der Waals surface area contributed by atoms with E-state index in [0.717, 1.165) is 5.92 Å². The van der Waals surface area contributed by atoms with E-state index >= 15 is 0 Å². The van der Waals surface area contributed by atoms with E-state index in [-0.39, 0.29) is 0 Å². The fraction of sp³-hybridized carbons (Fsp3) is 0.833. The van der Waals surface area contributed by atoms with Crippen LogP contribution in [0.5, 0.6) is 0 Å². The zero-order valence-electron chi connectivity index (χ0n) is 5.69. The van der Waals surface area contributed by atoms with Crippen molar-refractivity contribution in [3.63, 3.8) is 0 Å². The summed E-state index contributed by atoms with van der Waals surface area (Å²) < 4.78 is 0. The van der Waals surface area contributed by atoms with Crippen LogP contribution in [0.25, 0.3) is 0 Å². The largest absolute Gasteiger partial charge is 0.248 e. The molecule has 0 rings (SSSR count). The van der Waals surface area contributed by atoms with Gasteiger partial charge in [0.05, 0.1) is 5.16 Å². The van der Waals surface area contributed by atoms with Gasteiger partial charge in [-0.1, -0.05) is 27.2 Å². The average Bonchev–Trinajstić information content (AvgIpc) is 1.69. The molecule has 0 amide bonds. The quantitative estimate of drug-likeness (QED) is 0.429. The van der Waals surface area contributed by atoms with Crippen LogP contribution in [-0.4, -0.2) is 5.16 Å². The van der Waals surface area contributed by atoms with E-state index in [2.05, 4.69) is 33.0 Å². The van der Waals surface area contributed by atoms with Gasteiger partial charge in [-0.25, -0.2) is 5.41 Å².